The molecule has 1 unspecified atom stereocenters. The molecular formula is C17H21N5O2. The van der Waals surface area contributed by atoms with Crippen LogP contribution in [0, 0.1) is 12.8 Å². The smallest absolute Gasteiger partial charge is 0.274 e. The first-order chi connectivity index (χ1) is 11.7. The number of aryl methyl sites for hydroxylation is 1. The summed E-state index contributed by atoms with van der Waals surface area (Å²) in [4.78, 5) is 27.3. The predicted octanol–water partition coefficient (Wildman–Crippen LogP) is 1.46. The molecule has 0 saturated carbocycles. The van der Waals surface area contributed by atoms with E-state index in [2.05, 4.69) is 26.1 Å². The van der Waals surface area contributed by atoms with Gasteiger partial charge in [-0.3, -0.25) is 9.78 Å². The standard InChI is InChI=1S/C17H21N5O2/c1-3-6-24-12-14-9-21-5-4-18-16(21)11-22(10-14)17(23)15-8-19-13(2)7-20-15/h3-5,7-8,14H,1,6,9-12H2,2H3. The summed E-state index contributed by atoms with van der Waals surface area (Å²) in [6, 6.07) is 0. The van der Waals surface area contributed by atoms with E-state index in [1.807, 2.05) is 13.1 Å². The van der Waals surface area contributed by atoms with Crippen molar-refractivity contribution in [1.82, 2.24) is 24.4 Å². The van der Waals surface area contributed by atoms with Crippen molar-refractivity contribution in [2.75, 3.05) is 19.8 Å². The summed E-state index contributed by atoms with van der Waals surface area (Å²) in [6.45, 7) is 8.39. The van der Waals surface area contributed by atoms with Crippen LogP contribution < -0.4 is 0 Å². The highest BCUT2D eigenvalue weighted by atomic mass is 16.5. The highest BCUT2D eigenvalue weighted by Gasteiger charge is 2.27. The number of imidazole rings is 1. The van der Waals surface area contributed by atoms with Crippen LogP contribution in [-0.2, 0) is 17.8 Å². The van der Waals surface area contributed by atoms with E-state index in [1.54, 1.807) is 23.4 Å². The first-order valence-corrected chi connectivity index (χ1v) is 7.94. The van der Waals surface area contributed by atoms with E-state index in [0.717, 1.165) is 18.1 Å². The maximum Gasteiger partial charge on any atom is 0.274 e. The number of amides is 1. The lowest BCUT2D eigenvalue weighted by Gasteiger charge is -2.23. The van der Waals surface area contributed by atoms with E-state index in [1.165, 1.54) is 6.20 Å². The van der Waals surface area contributed by atoms with Gasteiger partial charge in [-0.25, -0.2) is 9.97 Å². The Morgan fingerprint density at radius 2 is 2.25 bits per heavy atom. The average molecular weight is 327 g/mol. The van der Waals surface area contributed by atoms with Gasteiger partial charge in [0.05, 0.1) is 31.6 Å². The summed E-state index contributed by atoms with van der Waals surface area (Å²) < 4.78 is 7.68. The van der Waals surface area contributed by atoms with Gasteiger partial charge < -0.3 is 14.2 Å². The van der Waals surface area contributed by atoms with Gasteiger partial charge in [-0.05, 0) is 6.92 Å². The van der Waals surface area contributed by atoms with Crippen molar-refractivity contribution < 1.29 is 9.53 Å². The number of hydrogen-bond donors (Lipinski definition) is 0. The van der Waals surface area contributed by atoms with E-state index in [9.17, 15) is 4.79 Å². The highest BCUT2D eigenvalue weighted by Crippen LogP contribution is 2.17. The number of hydrogen-bond acceptors (Lipinski definition) is 5. The molecule has 1 atom stereocenters. The second-order valence-corrected chi connectivity index (χ2v) is 5.92. The van der Waals surface area contributed by atoms with Gasteiger partial charge in [-0.1, -0.05) is 6.08 Å². The van der Waals surface area contributed by atoms with Crippen molar-refractivity contribution in [3.63, 3.8) is 0 Å². The van der Waals surface area contributed by atoms with Crippen molar-refractivity contribution in [2.24, 2.45) is 5.92 Å². The van der Waals surface area contributed by atoms with Gasteiger partial charge in [0.15, 0.2) is 0 Å². The number of aromatic nitrogens is 4. The molecule has 0 fully saturated rings. The van der Waals surface area contributed by atoms with Crippen molar-refractivity contribution in [3.05, 3.63) is 54.7 Å². The number of rotatable bonds is 5. The lowest BCUT2D eigenvalue weighted by atomic mass is 10.1. The molecule has 1 aliphatic heterocycles. The molecule has 0 radical (unpaired) electrons. The Hall–Kier alpha value is -2.54. The zero-order valence-corrected chi connectivity index (χ0v) is 13.8. The summed E-state index contributed by atoms with van der Waals surface area (Å²) in [6.07, 6.45) is 8.56. The Morgan fingerprint density at radius 1 is 1.38 bits per heavy atom. The van der Waals surface area contributed by atoms with E-state index in [4.69, 9.17) is 4.74 Å². The molecule has 7 nitrogen and oxygen atoms in total. The molecule has 3 rings (SSSR count). The fourth-order valence-electron chi connectivity index (χ4n) is 2.78. The van der Waals surface area contributed by atoms with Crippen molar-refractivity contribution in [3.8, 4) is 0 Å². The van der Waals surface area contributed by atoms with Crippen LogP contribution in [0.1, 0.15) is 22.0 Å². The summed E-state index contributed by atoms with van der Waals surface area (Å²) in [5, 5.41) is 0. The molecule has 1 aliphatic rings. The molecule has 2 aromatic heterocycles. The molecule has 2 aromatic rings. The van der Waals surface area contributed by atoms with Crippen LogP contribution in [0.3, 0.4) is 0 Å². The number of fused-ring (bicyclic) bond motifs is 1. The van der Waals surface area contributed by atoms with Crippen molar-refractivity contribution >= 4 is 5.91 Å². The van der Waals surface area contributed by atoms with Gasteiger partial charge in [0.2, 0.25) is 0 Å². The Bertz CT molecular complexity index is 710. The summed E-state index contributed by atoms with van der Waals surface area (Å²) in [5.74, 6) is 0.921. The molecule has 0 aliphatic carbocycles. The average Bonchev–Trinajstić information content (AvgIpc) is 2.93. The lowest BCUT2D eigenvalue weighted by molar-refractivity contribution is 0.0632. The van der Waals surface area contributed by atoms with Crippen molar-refractivity contribution in [1.29, 1.82) is 0 Å². The third-order valence-electron chi connectivity index (χ3n) is 3.94. The van der Waals surface area contributed by atoms with Crippen LogP contribution in [0.5, 0.6) is 0 Å². The van der Waals surface area contributed by atoms with E-state index in [0.29, 0.717) is 32.0 Å². The second-order valence-electron chi connectivity index (χ2n) is 5.92. The SMILES string of the molecule is C=CCOCC1CN(C(=O)c2cnc(C)cn2)Cc2nccn2C1. The Kier molecular flexibility index (Phi) is 5.00. The maximum absolute atomic E-state index is 12.8. The molecule has 0 saturated heterocycles. The van der Waals surface area contributed by atoms with Gasteiger partial charge in [-0.15, -0.1) is 6.58 Å². The quantitative estimate of drug-likeness (QED) is 0.614. The number of nitrogens with zero attached hydrogens (tertiary/aromatic N) is 5. The zero-order chi connectivity index (χ0) is 16.9. The minimum Gasteiger partial charge on any atom is -0.377 e. The van der Waals surface area contributed by atoms with Gasteiger partial charge in [-0.2, -0.15) is 0 Å². The van der Waals surface area contributed by atoms with Crippen LogP contribution in [0.4, 0.5) is 0 Å². The third kappa shape index (κ3) is 3.68. The van der Waals surface area contributed by atoms with Gasteiger partial charge >= 0.3 is 0 Å². The first kappa shape index (κ1) is 16.3. The minimum atomic E-state index is -0.132. The molecule has 1 amide bonds. The molecule has 7 heteroatoms. The summed E-state index contributed by atoms with van der Waals surface area (Å²) in [5.41, 5.74) is 1.14. The Labute approximate surface area is 141 Å². The van der Waals surface area contributed by atoms with E-state index in [-0.39, 0.29) is 11.8 Å². The third-order valence-corrected chi connectivity index (χ3v) is 3.94. The molecule has 0 aromatic carbocycles. The fourth-order valence-corrected chi connectivity index (χ4v) is 2.78. The van der Waals surface area contributed by atoms with E-state index < -0.39 is 0 Å². The molecular weight excluding hydrogens is 306 g/mol. The van der Waals surface area contributed by atoms with Crippen LogP contribution in [0.25, 0.3) is 0 Å². The van der Waals surface area contributed by atoms with Crippen LogP contribution in [-0.4, -0.2) is 50.1 Å². The van der Waals surface area contributed by atoms with Crippen LogP contribution in [0.15, 0.2) is 37.4 Å². The number of carbonyl (C=O) groups excluding carboxylic acids is 1. The van der Waals surface area contributed by atoms with Crippen LogP contribution in [0.2, 0.25) is 0 Å². The maximum atomic E-state index is 12.8. The monoisotopic (exact) mass is 327 g/mol. The summed E-state index contributed by atoms with van der Waals surface area (Å²) in [7, 11) is 0. The Balaban J connectivity index is 1.79. The minimum absolute atomic E-state index is 0.132. The molecule has 126 valence electrons. The number of ether oxygens (including phenoxy) is 1. The second kappa shape index (κ2) is 7.35. The highest BCUT2D eigenvalue weighted by molar-refractivity contribution is 5.91. The number of carbonyl (C=O) groups is 1. The largest absolute Gasteiger partial charge is 0.377 e. The summed E-state index contributed by atoms with van der Waals surface area (Å²) >= 11 is 0. The van der Waals surface area contributed by atoms with Crippen LogP contribution >= 0.6 is 0 Å². The lowest BCUT2D eigenvalue weighted by Crippen LogP contribution is -2.36. The van der Waals surface area contributed by atoms with Gasteiger partial charge in [0.25, 0.3) is 5.91 Å². The van der Waals surface area contributed by atoms with Gasteiger partial charge in [0, 0.05) is 37.6 Å². The molecule has 0 spiro atoms. The van der Waals surface area contributed by atoms with Gasteiger partial charge in [0.1, 0.15) is 11.5 Å². The predicted molar refractivity (Wildman–Crippen MR) is 88.2 cm³/mol. The molecule has 0 bridgehead atoms. The van der Waals surface area contributed by atoms with E-state index >= 15 is 0 Å². The molecule has 0 N–H and O–H groups in total. The zero-order valence-electron chi connectivity index (χ0n) is 13.8. The molecule has 3 heterocycles. The fraction of sp³-hybridized carbons (Fsp3) is 0.412. The normalized spacial score (nSPS) is 17.2. The first-order valence-electron chi connectivity index (χ1n) is 7.94. The molecule has 24 heavy (non-hydrogen) atoms. The van der Waals surface area contributed by atoms with Crippen molar-refractivity contribution in [2.45, 2.75) is 20.0 Å². The topological polar surface area (TPSA) is 73.1 Å². The Morgan fingerprint density at radius 3 is 3.00 bits per heavy atom.